The molecule has 1 aliphatic heterocycles. The maximum atomic E-state index is 12.4. The lowest BCUT2D eigenvalue weighted by Gasteiger charge is -2.36. The summed E-state index contributed by atoms with van der Waals surface area (Å²) in [5.74, 6) is 1.21. The standard InChI is InChI=1S/C22H26N6O2/c1-2-23-22(24-17-18-6-8-19(9-7-18)28-11-4-10-25-28)27-14-12-26(13-15-27)21(29)20-5-3-16-30-20/h3-11,16H,2,12-15,17H2,1H3,(H,23,24). The Morgan fingerprint density at radius 1 is 1.10 bits per heavy atom. The van der Waals surface area contributed by atoms with Crippen molar-refractivity contribution in [2.75, 3.05) is 32.7 Å². The van der Waals surface area contributed by atoms with Crippen LogP contribution in [0.25, 0.3) is 5.69 Å². The molecule has 4 rings (SSSR count). The summed E-state index contributed by atoms with van der Waals surface area (Å²) in [7, 11) is 0. The maximum Gasteiger partial charge on any atom is 0.289 e. The molecule has 0 aliphatic carbocycles. The first-order valence-corrected chi connectivity index (χ1v) is 10.2. The molecule has 0 saturated carbocycles. The first kappa shape index (κ1) is 19.8. The Hall–Kier alpha value is -3.55. The summed E-state index contributed by atoms with van der Waals surface area (Å²) in [5, 5.41) is 7.62. The molecular weight excluding hydrogens is 380 g/mol. The molecule has 8 nitrogen and oxygen atoms in total. The van der Waals surface area contributed by atoms with Gasteiger partial charge in [-0.25, -0.2) is 9.67 Å². The lowest BCUT2D eigenvalue weighted by molar-refractivity contribution is 0.0657. The van der Waals surface area contributed by atoms with Gasteiger partial charge in [-0.05, 0) is 42.8 Å². The Labute approximate surface area is 175 Å². The van der Waals surface area contributed by atoms with Crippen molar-refractivity contribution in [2.45, 2.75) is 13.5 Å². The van der Waals surface area contributed by atoms with Crippen LogP contribution in [0.1, 0.15) is 23.0 Å². The number of benzene rings is 1. The van der Waals surface area contributed by atoms with Crippen molar-refractivity contribution in [1.82, 2.24) is 24.9 Å². The van der Waals surface area contributed by atoms with Gasteiger partial charge in [-0.1, -0.05) is 12.1 Å². The van der Waals surface area contributed by atoms with Crippen molar-refractivity contribution in [3.63, 3.8) is 0 Å². The molecule has 3 aromatic rings. The molecule has 1 aliphatic rings. The van der Waals surface area contributed by atoms with Gasteiger partial charge in [0.15, 0.2) is 11.7 Å². The minimum absolute atomic E-state index is 0.0566. The van der Waals surface area contributed by atoms with Crippen molar-refractivity contribution in [1.29, 1.82) is 0 Å². The summed E-state index contributed by atoms with van der Waals surface area (Å²) >= 11 is 0. The quantitative estimate of drug-likeness (QED) is 0.520. The van der Waals surface area contributed by atoms with Crippen LogP contribution in [0.15, 0.2) is 70.5 Å². The highest BCUT2D eigenvalue weighted by Crippen LogP contribution is 2.12. The molecule has 0 radical (unpaired) electrons. The molecule has 1 saturated heterocycles. The first-order valence-electron chi connectivity index (χ1n) is 10.2. The van der Waals surface area contributed by atoms with E-state index < -0.39 is 0 Å². The second-order valence-electron chi connectivity index (χ2n) is 7.04. The highest BCUT2D eigenvalue weighted by molar-refractivity contribution is 5.91. The van der Waals surface area contributed by atoms with E-state index in [1.54, 1.807) is 18.3 Å². The van der Waals surface area contributed by atoms with Crippen molar-refractivity contribution < 1.29 is 9.21 Å². The highest BCUT2D eigenvalue weighted by Gasteiger charge is 2.25. The average Bonchev–Trinajstić information content (AvgIpc) is 3.51. The molecule has 1 fully saturated rings. The number of amides is 1. The Balaban J connectivity index is 1.36. The summed E-state index contributed by atoms with van der Waals surface area (Å²) in [6.07, 6.45) is 5.22. The number of rotatable bonds is 5. The second kappa shape index (κ2) is 9.30. The number of guanidine groups is 1. The number of carbonyl (C=O) groups is 1. The normalized spacial score (nSPS) is 14.8. The zero-order valence-corrected chi connectivity index (χ0v) is 17.1. The molecule has 0 unspecified atom stereocenters. The van der Waals surface area contributed by atoms with E-state index in [-0.39, 0.29) is 5.91 Å². The summed E-state index contributed by atoms with van der Waals surface area (Å²) in [6, 6.07) is 13.6. The van der Waals surface area contributed by atoms with E-state index in [4.69, 9.17) is 9.41 Å². The van der Waals surface area contributed by atoms with Gasteiger partial charge in [-0.15, -0.1) is 0 Å². The van der Waals surface area contributed by atoms with Crippen molar-refractivity contribution in [2.24, 2.45) is 4.99 Å². The first-order chi connectivity index (χ1) is 14.7. The number of hydrogen-bond donors (Lipinski definition) is 1. The van der Waals surface area contributed by atoms with E-state index in [0.29, 0.717) is 25.4 Å². The molecule has 3 heterocycles. The van der Waals surface area contributed by atoms with Gasteiger partial charge in [0.25, 0.3) is 5.91 Å². The summed E-state index contributed by atoms with van der Waals surface area (Å²) in [5.41, 5.74) is 2.16. The number of furan rings is 1. The van der Waals surface area contributed by atoms with Crippen molar-refractivity contribution in [3.8, 4) is 5.69 Å². The number of hydrogen-bond acceptors (Lipinski definition) is 4. The van der Waals surface area contributed by atoms with Crippen molar-refractivity contribution in [3.05, 3.63) is 72.4 Å². The highest BCUT2D eigenvalue weighted by atomic mass is 16.3. The Morgan fingerprint density at radius 2 is 1.87 bits per heavy atom. The van der Waals surface area contributed by atoms with E-state index in [9.17, 15) is 4.79 Å². The van der Waals surface area contributed by atoms with Crippen LogP contribution in [0.3, 0.4) is 0 Å². The lowest BCUT2D eigenvalue weighted by atomic mass is 10.2. The molecule has 8 heteroatoms. The van der Waals surface area contributed by atoms with Crippen molar-refractivity contribution >= 4 is 11.9 Å². The lowest BCUT2D eigenvalue weighted by Crippen LogP contribution is -2.53. The van der Waals surface area contributed by atoms with Crippen LogP contribution in [-0.2, 0) is 6.54 Å². The second-order valence-corrected chi connectivity index (χ2v) is 7.04. The van der Waals surface area contributed by atoms with Gasteiger partial charge >= 0.3 is 0 Å². The SMILES string of the molecule is CCNC(=NCc1ccc(-n2cccn2)cc1)N1CCN(C(=O)c2ccco2)CC1. The fourth-order valence-electron chi connectivity index (χ4n) is 3.45. The number of aromatic nitrogens is 2. The molecular formula is C22H26N6O2. The Kier molecular flexibility index (Phi) is 6.12. The fourth-order valence-corrected chi connectivity index (χ4v) is 3.45. The van der Waals surface area contributed by atoms with Crippen LogP contribution in [0.2, 0.25) is 0 Å². The number of nitrogens with zero attached hydrogens (tertiary/aromatic N) is 5. The van der Waals surface area contributed by atoms with Gasteiger partial charge in [0.1, 0.15) is 0 Å². The summed E-state index contributed by atoms with van der Waals surface area (Å²) in [4.78, 5) is 21.3. The number of nitrogens with one attached hydrogen (secondary N) is 1. The van der Waals surface area contributed by atoms with Crippen LogP contribution in [0.5, 0.6) is 0 Å². The van der Waals surface area contributed by atoms with E-state index in [1.807, 2.05) is 34.0 Å². The van der Waals surface area contributed by atoms with E-state index in [0.717, 1.165) is 36.8 Å². The van der Waals surface area contributed by atoms with Crippen LogP contribution in [0, 0.1) is 0 Å². The predicted molar refractivity (Wildman–Crippen MR) is 115 cm³/mol. The zero-order valence-electron chi connectivity index (χ0n) is 17.1. The fraction of sp³-hybridized carbons (Fsp3) is 0.318. The molecule has 0 bridgehead atoms. The van der Waals surface area contributed by atoms with Crippen LogP contribution in [0.4, 0.5) is 0 Å². The molecule has 1 amide bonds. The average molecular weight is 406 g/mol. The third-order valence-corrected chi connectivity index (χ3v) is 5.05. The minimum atomic E-state index is -0.0566. The summed E-state index contributed by atoms with van der Waals surface area (Å²) in [6.45, 7) is 6.19. The summed E-state index contributed by atoms with van der Waals surface area (Å²) < 4.78 is 7.07. The minimum Gasteiger partial charge on any atom is -0.459 e. The zero-order chi connectivity index (χ0) is 20.8. The van der Waals surface area contributed by atoms with Gasteiger partial charge in [-0.2, -0.15) is 5.10 Å². The number of piperazine rings is 1. The van der Waals surface area contributed by atoms with Crippen LogP contribution in [-0.4, -0.2) is 64.2 Å². The van der Waals surface area contributed by atoms with Gasteiger partial charge in [0.2, 0.25) is 0 Å². The van der Waals surface area contributed by atoms with Gasteiger partial charge in [-0.3, -0.25) is 4.79 Å². The van der Waals surface area contributed by atoms with Crippen LogP contribution < -0.4 is 5.32 Å². The third kappa shape index (κ3) is 4.53. The molecule has 30 heavy (non-hydrogen) atoms. The Bertz CT molecular complexity index is 956. The molecule has 156 valence electrons. The topological polar surface area (TPSA) is 78.9 Å². The molecule has 2 aromatic heterocycles. The molecule has 1 N–H and O–H groups in total. The number of carbonyl (C=O) groups excluding carboxylic acids is 1. The monoisotopic (exact) mass is 406 g/mol. The smallest absolute Gasteiger partial charge is 0.289 e. The predicted octanol–water partition coefficient (Wildman–Crippen LogP) is 2.39. The van der Waals surface area contributed by atoms with Gasteiger partial charge < -0.3 is 19.5 Å². The molecule has 0 atom stereocenters. The van der Waals surface area contributed by atoms with E-state index >= 15 is 0 Å². The van der Waals surface area contributed by atoms with Gasteiger partial charge in [0.05, 0.1) is 18.5 Å². The molecule has 0 spiro atoms. The largest absolute Gasteiger partial charge is 0.459 e. The van der Waals surface area contributed by atoms with E-state index in [1.165, 1.54) is 6.26 Å². The molecule has 1 aromatic carbocycles. The Morgan fingerprint density at radius 3 is 2.50 bits per heavy atom. The van der Waals surface area contributed by atoms with Gasteiger partial charge in [0, 0.05) is 45.1 Å². The third-order valence-electron chi connectivity index (χ3n) is 5.05. The maximum absolute atomic E-state index is 12.4. The number of aliphatic imine (C=N–C) groups is 1. The van der Waals surface area contributed by atoms with Crippen LogP contribution >= 0.6 is 0 Å². The van der Waals surface area contributed by atoms with E-state index in [2.05, 4.69) is 34.4 Å².